The van der Waals surface area contributed by atoms with E-state index in [1.807, 2.05) is 55.4 Å². The molecule has 4 aliphatic rings. The number of nitrogens with zero attached hydrogens (tertiary/aromatic N) is 4. The summed E-state index contributed by atoms with van der Waals surface area (Å²) in [5, 5.41) is 30.6. The molecule has 9 rings (SSSR count). The first-order valence-corrected chi connectivity index (χ1v) is 24.8. The Bertz CT molecular complexity index is 3380. The van der Waals surface area contributed by atoms with E-state index in [2.05, 4.69) is 39.0 Å². The second-order valence-corrected chi connectivity index (χ2v) is 24.6. The third kappa shape index (κ3) is 7.74. The molecule has 0 bridgehead atoms. The molecule has 0 aromatic heterocycles. The summed E-state index contributed by atoms with van der Waals surface area (Å²) < 4.78 is 94.1. The van der Waals surface area contributed by atoms with Crippen LogP contribution >= 0.6 is 0 Å². The van der Waals surface area contributed by atoms with Gasteiger partial charge in [0.15, 0.2) is 0 Å². The van der Waals surface area contributed by atoms with E-state index in [1.165, 1.54) is 24.0 Å². The number of hydrogen-bond acceptors (Lipinski definition) is 8. The zero-order valence-electron chi connectivity index (χ0n) is 43.9. The van der Waals surface area contributed by atoms with E-state index in [1.54, 1.807) is 18.2 Å². The normalized spacial score (nSPS) is 20.5. The van der Waals surface area contributed by atoms with Crippen LogP contribution in [0.15, 0.2) is 72.8 Å². The number of imide groups is 2. The van der Waals surface area contributed by atoms with Crippen molar-refractivity contribution in [3.8, 4) is 0 Å². The zero-order valence-corrected chi connectivity index (χ0v) is 43.9. The number of piperidine rings is 2. The predicted octanol–water partition coefficient (Wildman–Crippen LogP) is 11.9. The van der Waals surface area contributed by atoms with E-state index >= 15 is 26.3 Å². The molecule has 4 heterocycles. The highest BCUT2D eigenvalue weighted by Gasteiger charge is 2.73. The molecule has 0 spiro atoms. The van der Waals surface area contributed by atoms with Crippen LogP contribution in [0.1, 0.15) is 174 Å². The van der Waals surface area contributed by atoms with E-state index in [9.17, 15) is 29.6 Å². The van der Waals surface area contributed by atoms with Crippen LogP contribution in [-0.4, -0.2) is 89.6 Å². The number of halogens is 6. The molecule has 392 valence electrons. The van der Waals surface area contributed by atoms with Gasteiger partial charge in [0.25, 0.3) is 23.6 Å². The van der Waals surface area contributed by atoms with Gasteiger partial charge in [0.2, 0.25) is 5.41 Å². The van der Waals surface area contributed by atoms with Gasteiger partial charge in [0.05, 0.1) is 27.9 Å². The summed E-state index contributed by atoms with van der Waals surface area (Å²) in [6.07, 6.45) is -10.5. The first kappa shape index (κ1) is 52.9. The number of rotatable bonds is 4. The maximum atomic E-state index is 15.7. The van der Waals surface area contributed by atoms with Crippen molar-refractivity contribution in [3.05, 3.63) is 122 Å². The van der Waals surface area contributed by atoms with Crippen LogP contribution in [0.5, 0.6) is 0 Å². The second kappa shape index (κ2) is 16.5. The monoisotopic (exact) mass is 1020 g/mol. The van der Waals surface area contributed by atoms with Crippen molar-refractivity contribution in [2.24, 2.45) is 0 Å². The fraction of sp³-hybridized carbons (Fsp3) is 0.448. The largest absolute Gasteiger partial charge is 0.411 e. The molecule has 16 heteroatoms. The Labute approximate surface area is 425 Å². The van der Waals surface area contributed by atoms with Crippen molar-refractivity contribution in [1.29, 1.82) is 0 Å². The average molecular weight is 1030 g/mol. The van der Waals surface area contributed by atoms with Gasteiger partial charge in [-0.2, -0.15) is 36.5 Å². The lowest BCUT2D eigenvalue weighted by atomic mass is 9.71. The minimum atomic E-state index is -6.13. The standard InChI is InChI=1S/C58H62F6N4O6/c1-30(2)65-47(69)39-19-15-34(23-43(39)49(65)71)56(57(59,60)61,58(62,63)64)35-16-20-40-44(24-35)50(72)66(48(40)70)36-17-21-38-42(25-36)46(32-28-54(10,11)68(74)55(12,13)29-32)37-18-14-33(51(3,4)5)22-41(37)45(38)31-26-52(6,7)67(73)53(8,9)27-31/h14-25,30,73-74H,26-29H2,1-13H3. The van der Waals surface area contributed by atoms with Gasteiger partial charge < -0.3 is 10.4 Å². The van der Waals surface area contributed by atoms with Gasteiger partial charge in [-0.15, -0.1) is 0 Å². The molecule has 2 N–H and O–H groups in total. The average Bonchev–Trinajstić information content (AvgIpc) is 3.67. The highest BCUT2D eigenvalue weighted by molar-refractivity contribution is 6.35. The van der Waals surface area contributed by atoms with Crippen molar-refractivity contribution in [2.75, 3.05) is 4.90 Å². The lowest BCUT2D eigenvalue weighted by Gasteiger charge is -2.50. The maximum Gasteiger partial charge on any atom is 0.411 e. The van der Waals surface area contributed by atoms with Crippen LogP contribution in [0.3, 0.4) is 0 Å². The van der Waals surface area contributed by atoms with Gasteiger partial charge in [0.1, 0.15) is 0 Å². The number of fused-ring (bicyclic) bond motifs is 4. The van der Waals surface area contributed by atoms with E-state index < -0.39 is 97.4 Å². The molecule has 0 saturated carbocycles. The third-order valence-corrected chi connectivity index (χ3v) is 15.8. The molecule has 2 fully saturated rings. The Kier molecular flexibility index (Phi) is 11.8. The van der Waals surface area contributed by atoms with Gasteiger partial charge >= 0.3 is 12.4 Å². The molecule has 74 heavy (non-hydrogen) atoms. The zero-order chi connectivity index (χ0) is 54.7. The molecule has 5 aromatic carbocycles. The Balaban J connectivity index is 1.30. The van der Waals surface area contributed by atoms with E-state index in [-0.39, 0.29) is 16.7 Å². The highest BCUT2D eigenvalue weighted by Crippen LogP contribution is 2.57. The van der Waals surface area contributed by atoms with Crippen molar-refractivity contribution in [1.82, 2.24) is 15.0 Å². The summed E-state index contributed by atoms with van der Waals surface area (Å²) in [7, 11) is 0. The first-order valence-electron chi connectivity index (χ1n) is 24.8. The Morgan fingerprint density at radius 2 is 0.838 bits per heavy atom. The van der Waals surface area contributed by atoms with E-state index in [0.29, 0.717) is 55.3 Å². The summed E-state index contributed by atoms with van der Waals surface area (Å²) in [5.41, 5.74) is -9.88. The number of anilines is 1. The minimum absolute atomic E-state index is 0.0204. The number of hydrogen-bond donors (Lipinski definition) is 2. The lowest BCUT2D eigenvalue weighted by Crippen LogP contribution is -2.57. The molecular weight excluding hydrogens is 963 g/mol. The Morgan fingerprint density at radius 1 is 0.473 bits per heavy atom. The summed E-state index contributed by atoms with van der Waals surface area (Å²) in [6, 6.07) is 14.2. The van der Waals surface area contributed by atoms with Crippen molar-refractivity contribution in [2.45, 2.75) is 167 Å². The van der Waals surface area contributed by atoms with Gasteiger partial charge in [-0.05, 0) is 191 Å². The van der Waals surface area contributed by atoms with Crippen LogP contribution < -0.4 is 15.3 Å². The molecule has 0 aliphatic carbocycles. The molecule has 0 radical (unpaired) electrons. The van der Waals surface area contributed by atoms with Crippen LogP contribution in [-0.2, 0) is 10.8 Å². The van der Waals surface area contributed by atoms with Gasteiger partial charge in [-0.25, -0.2) is 4.90 Å². The second-order valence-electron chi connectivity index (χ2n) is 24.6. The predicted molar refractivity (Wildman–Crippen MR) is 271 cm³/mol. The van der Waals surface area contributed by atoms with Crippen LogP contribution in [0.4, 0.5) is 32.0 Å². The summed E-state index contributed by atoms with van der Waals surface area (Å²) >= 11 is 0. The SMILES string of the molecule is CC(C)N1C(=O)c2ccc(C(c3ccc4c(c3)C(=O)N(c3ccc5c(=C6CC(C)(C)N(O)C(C)(C)C6)c6cc(C(C)(C)C)ccc6c(=C6CC(C)(C)N(O)C(C)(C)C6)c5c3)C4=O)(C(F)(F)F)C(F)(F)F)cc2C1=O. The number of carbonyl (C=O) groups is 4. The third-order valence-electron chi connectivity index (χ3n) is 15.8. The van der Waals surface area contributed by atoms with E-state index in [4.69, 9.17) is 0 Å². The summed E-state index contributed by atoms with van der Waals surface area (Å²) in [4.78, 5) is 57.3. The van der Waals surface area contributed by atoms with Crippen molar-refractivity contribution < 1.29 is 55.9 Å². The van der Waals surface area contributed by atoms with E-state index in [0.717, 1.165) is 65.2 Å². The van der Waals surface area contributed by atoms with Crippen LogP contribution in [0.25, 0.3) is 32.7 Å². The fourth-order valence-electron chi connectivity index (χ4n) is 12.7. The quantitative estimate of drug-likeness (QED) is 0.104. The van der Waals surface area contributed by atoms with Crippen LogP contribution in [0.2, 0.25) is 0 Å². The number of benzene rings is 5. The molecular formula is C58H62F6N4O6. The summed E-state index contributed by atoms with van der Waals surface area (Å²) in [5.74, 6) is -4.03. The summed E-state index contributed by atoms with van der Waals surface area (Å²) in [6.45, 7) is 24.9. The van der Waals surface area contributed by atoms with Gasteiger partial charge in [-0.3, -0.25) is 24.1 Å². The number of alkyl halides is 6. The number of carbonyl (C=O) groups excluding carboxylic acids is 4. The highest BCUT2D eigenvalue weighted by atomic mass is 19.4. The molecule has 0 unspecified atom stereocenters. The molecule has 10 nitrogen and oxygen atoms in total. The molecule has 4 aliphatic heterocycles. The minimum Gasteiger partial charge on any atom is -0.313 e. The molecule has 0 atom stereocenters. The first-order chi connectivity index (χ1) is 33.9. The lowest BCUT2D eigenvalue weighted by molar-refractivity contribution is -0.288. The number of hydroxylamine groups is 4. The Hall–Kier alpha value is -5.94. The number of amides is 4. The van der Waals surface area contributed by atoms with Crippen molar-refractivity contribution >= 4 is 62.0 Å². The van der Waals surface area contributed by atoms with Gasteiger partial charge in [0, 0.05) is 28.2 Å². The maximum absolute atomic E-state index is 15.7. The topological polar surface area (TPSA) is 122 Å². The molecule has 4 amide bonds. The fourth-order valence-corrected chi connectivity index (χ4v) is 12.7. The Morgan fingerprint density at radius 3 is 1.26 bits per heavy atom. The van der Waals surface area contributed by atoms with Gasteiger partial charge in [-0.1, -0.05) is 62.2 Å². The molecule has 5 aromatic rings. The van der Waals surface area contributed by atoms with Crippen LogP contribution in [0, 0.1) is 0 Å². The van der Waals surface area contributed by atoms with Crippen molar-refractivity contribution in [3.63, 3.8) is 0 Å². The molecule has 2 saturated heterocycles. The smallest absolute Gasteiger partial charge is 0.313 e.